The molecule has 0 bridgehead atoms. The van der Waals surface area contributed by atoms with E-state index in [1.54, 1.807) is 0 Å². The summed E-state index contributed by atoms with van der Waals surface area (Å²) in [6, 6.07) is 0. The van der Waals surface area contributed by atoms with E-state index in [0.29, 0.717) is 12.8 Å². The molecule has 0 saturated carbocycles. The molecule has 3 heterocycles. The summed E-state index contributed by atoms with van der Waals surface area (Å²) in [5.41, 5.74) is 5.25. The van der Waals surface area contributed by atoms with Crippen LogP contribution in [0.15, 0.2) is 9.59 Å². The van der Waals surface area contributed by atoms with Crippen LogP contribution in [0.2, 0.25) is 0 Å². The zero-order chi connectivity index (χ0) is 20.6. The van der Waals surface area contributed by atoms with Gasteiger partial charge in [-0.05, 0) is 20.3 Å². The molecule has 3 N–H and O–H groups in total. The molecule has 2 aromatic rings. The second-order valence-electron chi connectivity index (χ2n) is 6.92. The minimum absolute atomic E-state index is 0.00972. The van der Waals surface area contributed by atoms with Crippen LogP contribution in [-0.4, -0.2) is 44.9 Å². The van der Waals surface area contributed by atoms with E-state index in [-0.39, 0.29) is 34.6 Å². The molecule has 1 unspecified atom stereocenters. The monoisotopic (exact) mass is 412 g/mol. The third kappa shape index (κ3) is 3.96. The SMILES string of the molecule is CCC(OC(C)C)[C@@H]1C[C@@H](OC(C)=O)[C@H](n2c(=O)sc3c(=O)[nH]c(N)nc32)O1. The van der Waals surface area contributed by atoms with Crippen LogP contribution < -0.4 is 16.2 Å². The number of nitrogens with two attached hydrogens (primary N) is 1. The number of aromatic nitrogens is 3. The number of H-pyrrole nitrogens is 1. The molecule has 0 radical (unpaired) electrons. The number of carbonyl (C=O) groups is 1. The van der Waals surface area contributed by atoms with Crippen molar-refractivity contribution in [3.05, 3.63) is 20.0 Å². The topological polar surface area (TPSA) is 139 Å². The van der Waals surface area contributed by atoms with E-state index in [1.807, 2.05) is 20.8 Å². The fraction of sp³-hybridized carbons (Fsp3) is 0.647. The number of hydrogen-bond donors (Lipinski definition) is 2. The molecule has 4 atom stereocenters. The minimum Gasteiger partial charge on any atom is -0.458 e. The lowest BCUT2D eigenvalue weighted by Gasteiger charge is -2.24. The Hall–Kier alpha value is -2.24. The number of anilines is 1. The zero-order valence-corrected chi connectivity index (χ0v) is 16.9. The standard InChI is InChI=1S/C17H24N4O6S/c1-5-9(25-7(2)3)10-6-11(26-8(4)22)15(27-10)21-13-12(28-17(21)24)14(23)20-16(18)19-13/h7,9-11,15H,5-6H2,1-4H3,(H3,18,19,20,23)/t9?,10-,11+,15+/m0/s1. The molecule has 154 valence electrons. The van der Waals surface area contributed by atoms with E-state index >= 15 is 0 Å². The van der Waals surface area contributed by atoms with Gasteiger partial charge in [0, 0.05) is 13.3 Å². The number of ether oxygens (including phenoxy) is 3. The Morgan fingerprint density at radius 2 is 2.18 bits per heavy atom. The van der Waals surface area contributed by atoms with Crippen molar-refractivity contribution in [1.29, 1.82) is 0 Å². The van der Waals surface area contributed by atoms with Gasteiger partial charge in [0.1, 0.15) is 10.8 Å². The summed E-state index contributed by atoms with van der Waals surface area (Å²) >= 11 is 0.742. The maximum atomic E-state index is 12.6. The van der Waals surface area contributed by atoms with Crippen molar-refractivity contribution < 1.29 is 19.0 Å². The van der Waals surface area contributed by atoms with Gasteiger partial charge in [0.2, 0.25) is 5.95 Å². The maximum absolute atomic E-state index is 12.6. The third-order valence-corrected chi connectivity index (χ3v) is 5.37. The molecule has 0 spiro atoms. The molecule has 10 nitrogen and oxygen atoms in total. The third-order valence-electron chi connectivity index (χ3n) is 4.42. The van der Waals surface area contributed by atoms with Gasteiger partial charge in [-0.3, -0.25) is 23.9 Å². The van der Waals surface area contributed by atoms with Crippen LogP contribution in [0.3, 0.4) is 0 Å². The van der Waals surface area contributed by atoms with Gasteiger partial charge in [0.25, 0.3) is 5.56 Å². The molecule has 11 heteroatoms. The average Bonchev–Trinajstić information content (AvgIpc) is 3.12. The molecule has 1 aliphatic rings. The van der Waals surface area contributed by atoms with Crippen molar-refractivity contribution in [1.82, 2.24) is 14.5 Å². The number of hydrogen-bond acceptors (Lipinski definition) is 9. The second-order valence-corrected chi connectivity index (χ2v) is 7.88. The van der Waals surface area contributed by atoms with Crippen LogP contribution >= 0.6 is 11.3 Å². The van der Waals surface area contributed by atoms with Crippen molar-refractivity contribution in [2.24, 2.45) is 0 Å². The summed E-state index contributed by atoms with van der Waals surface area (Å²) in [4.78, 5) is 42.4. The number of esters is 1. The summed E-state index contributed by atoms with van der Waals surface area (Å²) in [6.07, 6.45) is -1.22. The highest BCUT2D eigenvalue weighted by molar-refractivity contribution is 7.16. The summed E-state index contributed by atoms with van der Waals surface area (Å²) in [7, 11) is 0. The summed E-state index contributed by atoms with van der Waals surface area (Å²) in [5.74, 6) is -0.604. The maximum Gasteiger partial charge on any atom is 0.311 e. The Morgan fingerprint density at radius 1 is 1.46 bits per heavy atom. The number of nitrogens with zero attached hydrogens (tertiary/aromatic N) is 2. The lowest BCUT2D eigenvalue weighted by molar-refractivity contribution is -0.153. The Morgan fingerprint density at radius 3 is 2.79 bits per heavy atom. The molecular formula is C17H24N4O6S. The van der Waals surface area contributed by atoms with E-state index in [2.05, 4.69) is 9.97 Å². The first-order valence-electron chi connectivity index (χ1n) is 9.10. The average molecular weight is 412 g/mol. The zero-order valence-electron chi connectivity index (χ0n) is 16.1. The van der Waals surface area contributed by atoms with Gasteiger partial charge in [-0.15, -0.1) is 0 Å². The number of aromatic amines is 1. The molecule has 1 aliphatic heterocycles. The normalized spacial score (nSPS) is 23.4. The Kier molecular flexibility index (Phi) is 5.87. The van der Waals surface area contributed by atoms with Crippen LogP contribution in [0.4, 0.5) is 5.95 Å². The molecular weight excluding hydrogens is 388 g/mol. The van der Waals surface area contributed by atoms with Crippen molar-refractivity contribution in [3.63, 3.8) is 0 Å². The predicted octanol–water partition coefficient (Wildman–Crippen LogP) is 1.15. The van der Waals surface area contributed by atoms with E-state index in [9.17, 15) is 14.4 Å². The summed E-state index contributed by atoms with van der Waals surface area (Å²) in [6.45, 7) is 7.11. The first-order valence-corrected chi connectivity index (χ1v) is 9.91. The van der Waals surface area contributed by atoms with Crippen LogP contribution in [0, 0.1) is 0 Å². The van der Waals surface area contributed by atoms with Gasteiger partial charge in [-0.1, -0.05) is 18.3 Å². The van der Waals surface area contributed by atoms with E-state index < -0.39 is 28.7 Å². The molecule has 1 saturated heterocycles. The largest absolute Gasteiger partial charge is 0.458 e. The smallest absolute Gasteiger partial charge is 0.311 e. The number of nitrogen functional groups attached to an aromatic ring is 1. The summed E-state index contributed by atoms with van der Waals surface area (Å²) < 4.78 is 18.8. The van der Waals surface area contributed by atoms with Gasteiger partial charge in [0.05, 0.1) is 18.3 Å². The molecule has 0 amide bonds. The predicted molar refractivity (Wildman–Crippen MR) is 103 cm³/mol. The molecule has 0 aromatic carbocycles. The lowest BCUT2D eigenvalue weighted by Crippen LogP contribution is -2.31. The lowest BCUT2D eigenvalue weighted by atomic mass is 10.1. The molecule has 0 aliphatic carbocycles. The molecule has 1 fully saturated rings. The van der Waals surface area contributed by atoms with Crippen LogP contribution in [0.25, 0.3) is 10.3 Å². The molecule has 2 aromatic heterocycles. The van der Waals surface area contributed by atoms with Gasteiger partial charge < -0.3 is 19.9 Å². The highest BCUT2D eigenvalue weighted by Gasteiger charge is 2.44. The van der Waals surface area contributed by atoms with Crippen molar-refractivity contribution in [2.75, 3.05) is 5.73 Å². The van der Waals surface area contributed by atoms with Gasteiger partial charge >= 0.3 is 10.8 Å². The second kappa shape index (κ2) is 8.02. The van der Waals surface area contributed by atoms with Crippen molar-refractivity contribution >= 4 is 33.6 Å². The highest BCUT2D eigenvalue weighted by atomic mass is 32.1. The summed E-state index contributed by atoms with van der Waals surface area (Å²) in [5, 5.41) is 0. The quantitative estimate of drug-likeness (QED) is 0.674. The van der Waals surface area contributed by atoms with E-state index in [1.165, 1.54) is 11.5 Å². The first kappa shape index (κ1) is 20.5. The van der Waals surface area contributed by atoms with Gasteiger partial charge in [-0.25, -0.2) is 0 Å². The van der Waals surface area contributed by atoms with Crippen molar-refractivity contribution in [2.45, 2.75) is 71.2 Å². The highest BCUT2D eigenvalue weighted by Crippen LogP contribution is 2.35. The number of nitrogens with one attached hydrogen (secondary N) is 1. The Bertz CT molecular complexity index is 980. The van der Waals surface area contributed by atoms with E-state index in [0.717, 1.165) is 11.3 Å². The number of rotatable bonds is 6. The molecule has 28 heavy (non-hydrogen) atoms. The van der Waals surface area contributed by atoms with Gasteiger partial charge in [0.15, 0.2) is 11.9 Å². The number of thiazole rings is 1. The van der Waals surface area contributed by atoms with Crippen LogP contribution in [0.1, 0.15) is 46.8 Å². The number of carbonyl (C=O) groups excluding carboxylic acids is 1. The van der Waals surface area contributed by atoms with E-state index in [4.69, 9.17) is 19.9 Å². The van der Waals surface area contributed by atoms with Crippen molar-refractivity contribution in [3.8, 4) is 0 Å². The van der Waals surface area contributed by atoms with Gasteiger partial charge in [-0.2, -0.15) is 4.98 Å². The Balaban J connectivity index is 2.04. The Labute approximate surface area is 164 Å². The molecule has 3 rings (SSSR count). The van der Waals surface area contributed by atoms with Crippen LogP contribution in [-0.2, 0) is 19.0 Å². The minimum atomic E-state index is -0.923. The fourth-order valence-corrected chi connectivity index (χ4v) is 4.26. The fourth-order valence-electron chi connectivity index (χ4n) is 3.42. The van der Waals surface area contributed by atoms with Crippen LogP contribution in [0.5, 0.6) is 0 Å². The first-order chi connectivity index (χ1) is 13.2. The number of fused-ring (bicyclic) bond motifs is 1.